The minimum absolute atomic E-state index is 0.243. The van der Waals surface area contributed by atoms with Crippen molar-refractivity contribution in [3.63, 3.8) is 0 Å². The molecule has 3 nitrogen and oxygen atoms in total. The van der Waals surface area contributed by atoms with E-state index in [1.165, 1.54) is 77.4 Å². The zero-order chi connectivity index (χ0) is 33.5. The van der Waals surface area contributed by atoms with Gasteiger partial charge >= 0.3 is 0 Å². The van der Waals surface area contributed by atoms with Gasteiger partial charge in [0.25, 0.3) is 0 Å². The predicted molar refractivity (Wildman–Crippen MR) is 214 cm³/mol. The van der Waals surface area contributed by atoms with Crippen molar-refractivity contribution in [2.24, 2.45) is 0 Å². The molecule has 7 aromatic carbocycles. The van der Waals surface area contributed by atoms with E-state index < -0.39 is 0 Å². The van der Waals surface area contributed by atoms with Crippen LogP contribution in [-0.4, -0.2) is 15.2 Å². The van der Waals surface area contributed by atoms with Gasteiger partial charge in [0, 0.05) is 50.2 Å². The number of aromatic nitrogens is 2. The summed E-state index contributed by atoms with van der Waals surface area (Å²) in [5, 5.41) is 5.02. The smallest absolute Gasteiger partial charge is 0.0788 e. The van der Waals surface area contributed by atoms with E-state index in [4.69, 9.17) is 0 Å². The van der Waals surface area contributed by atoms with E-state index >= 15 is 0 Å². The number of hydrogen-bond acceptors (Lipinski definition) is 1. The van der Waals surface area contributed by atoms with Crippen LogP contribution in [0.2, 0.25) is 0 Å². The molecule has 2 aliphatic rings. The molecule has 0 fully saturated rings. The average molecular weight is 652 g/mol. The lowest BCUT2D eigenvalue weighted by atomic mass is 9.91. The van der Waals surface area contributed by atoms with Crippen molar-refractivity contribution in [1.82, 2.24) is 9.13 Å². The number of allylic oxidation sites excluding steroid dienone is 2. The Bertz CT molecular complexity index is 2870. The van der Waals surface area contributed by atoms with Crippen LogP contribution in [0, 0.1) is 0 Å². The Morgan fingerprint density at radius 3 is 1.67 bits per heavy atom. The van der Waals surface area contributed by atoms with Crippen LogP contribution in [0.5, 0.6) is 0 Å². The van der Waals surface area contributed by atoms with Gasteiger partial charge in [-0.2, -0.15) is 0 Å². The molecule has 0 saturated carbocycles. The van der Waals surface area contributed by atoms with E-state index in [9.17, 15) is 0 Å². The summed E-state index contributed by atoms with van der Waals surface area (Å²) >= 11 is 0. The third kappa shape index (κ3) is 4.12. The molecule has 9 aromatic rings. The zero-order valence-electron chi connectivity index (χ0n) is 27.9. The summed E-state index contributed by atoms with van der Waals surface area (Å²) in [6.07, 6.45) is 9.12. The Morgan fingerprint density at radius 2 is 0.961 bits per heavy atom. The van der Waals surface area contributed by atoms with E-state index in [0.29, 0.717) is 0 Å². The van der Waals surface area contributed by atoms with Crippen molar-refractivity contribution in [1.29, 1.82) is 0 Å². The zero-order valence-corrected chi connectivity index (χ0v) is 27.9. The fourth-order valence-electron chi connectivity index (χ4n) is 8.85. The van der Waals surface area contributed by atoms with Crippen molar-refractivity contribution >= 4 is 55.0 Å². The van der Waals surface area contributed by atoms with Gasteiger partial charge in [-0.05, 0) is 71.3 Å². The van der Waals surface area contributed by atoms with Crippen LogP contribution >= 0.6 is 0 Å². The van der Waals surface area contributed by atoms with Crippen LogP contribution in [0.15, 0.2) is 188 Å². The van der Waals surface area contributed by atoms with Crippen molar-refractivity contribution in [3.05, 3.63) is 194 Å². The highest BCUT2D eigenvalue weighted by atomic mass is 15.2. The lowest BCUT2D eigenvalue weighted by molar-refractivity contribution is 0.744. The summed E-state index contributed by atoms with van der Waals surface area (Å²) in [5.74, 6) is 0.269. The van der Waals surface area contributed by atoms with Crippen LogP contribution in [0.1, 0.15) is 11.5 Å². The summed E-state index contributed by atoms with van der Waals surface area (Å²) in [6.45, 7) is 0. The second-order valence-corrected chi connectivity index (χ2v) is 13.7. The third-order valence-corrected chi connectivity index (χ3v) is 11.0. The van der Waals surface area contributed by atoms with E-state index in [1.807, 2.05) is 0 Å². The fraction of sp³-hybridized carbons (Fsp3) is 0.0417. The van der Waals surface area contributed by atoms with Crippen LogP contribution in [-0.2, 0) is 0 Å². The van der Waals surface area contributed by atoms with Crippen LogP contribution < -0.4 is 4.90 Å². The number of fused-ring (bicyclic) bond motifs is 10. The Morgan fingerprint density at radius 1 is 0.392 bits per heavy atom. The lowest BCUT2D eigenvalue weighted by Gasteiger charge is -2.28. The summed E-state index contributed by atoms with van der Waals surface area (Å²) < 4.78 is 5.01. The topological polar surface area (TPSA) is 13.1 Å². The van der Waals surface area contributed by atoms with E-state index in [1.54, 1.807) is 0 Å². The Kier molecular flexibility index (Phi) is 6.08. The maximum atomic E-state index is 2.52. The molecule has 1 aliphatic carbocycles. The summed E-state index contributed by atoms with van der Waals surface area (Å²) in [6, 6.07) is 60.3. The molecule has 0 saturated heterocycles. The van der Waals surface area contributed by atoms with Crippen LogP contribution in [0.25, 0.3) is 66.1 Å². The average Bonchev–Trinajstić information content (AvgIpc) is 3.84. The van der Waals surface area contributed by atoms with Gasteiger partial charge in [-0.15, -0.1) is 0 Å². The maximum Gasteiger partial charge on any atom is 0.0788 e. The molecule has 2 aromatic heterocycles. The normalized spacial score (nSPS) is 16.4. The van der Waals surface area contributed by atoms with Gasteiger partial charge in [-0.25, -0.2) is 0 Å². The number of anilines is 2. The Labute approximate surface area is 296 Å². The van der Waals surface area contributed by atoms with Crippen molar-refractivity contribution in [2.75, 3.05) is 4.90 Å². The largest absolute Gasteiger partial charge is 0.333 e. The second kappa shape index (κ2) is 11.0. The number of benzene rings is 7. The molecule has 11 rings (SSSR count). The molecule has 0 radical (unpaired) electrons. The molecule has 0 spiro atoms. The summed E-state index contributed by atoms with van der Waals surface area (Å²) in [7, 11) is 0. The number of nitrogens with zero attached hydrogens (tertiary/aromatic N) is 3. The highest BCUT2D eigenvalue weighted by Gasteiger charge is 2.37. The Hall–Kier alpha value is -6.58. The molecule has 2 unspecified atom stereocenters. The molecule has 51 heavy (non-hydrogen) atoms. The minimum Gasteiger partial charge on any atom is -0.333 e. The fourth-order valence-corrected chi connectivity index (χ4v) is 8.85. The van der Waals surface area contributed by atoms with Crippen molar-refractivity contribution in [2.45, 2.75) is 12.0 Å². The van der Waals surface area contributed by atoms with Crippen molar-refractivity contribution < 1.29 is 0 Å². The van der Waals surface area contributed by atoms with Crippen LogP contribution in [0.4, 0.5) is 11.4 Å². The first-order valence-electron chi connectivity index (χ1n) is 17.8. The molecular formula is C48H33N3. The van der Waals surface area contributed by atoms with Gasteiger partial charge in [0.15, 0.2) is 0 Å². The minimum atomic E-state index is 0.243. The first-order chi connectivity index (χ1) is 25.3. The summed E-state index contributed by atoms with van der Waals surface area (Å²) in [4.78, 5) is 2.51. The van der Waals surface area contributed by atoms with Gasteiger partial charge in [-0.3, -0.25) is 0 Å². The SMILES string of the molecule is C1=CC2c3cc(-n4c5ccccc5c5ccc6c7ccccc7n(-c7cccc(-c8ccccc8)c7)c6c54)ccc3N(c3ccccc3)C2C=C1. The monoisotopic (exact) mass is 651 g/mol. The highest BCUT2D eigenvalue weighted by molar-refractivity contribution is 6.23. The molecule has 0 amide bonds. The molecule has 0 N–H and O–H groups in total. The Balaban J connectivity index is 1.22. The summed E-state index contributed by atoms with van der Waals surface area (Å²) in [5.41, 5.74) is 13.5. The number of hydrogen-bond donors (Lipinski definition) is 0. The van der Waals surface area contributed by atoms with Crippen molar-refractivity contribution in [3.8, 4) is 22.5 Å². The van der Waals surface area contributed by atoms with E-state index in [-0.39, 0.29) is 12.0 Å². The quantitative estimate of drug-likeness (QED) is 0.185. The molecular weight excluding hydrogens is 619 g/mol. The van der Waals surface area contributed by atoms with Crippen LogP contribution in [0.3, 0.4) is 0 Å². The molecule has 3 heterocycles. The number of rotatable bonds is 4. The predicted octanol–water partition coefficient (Wildman–Crippen LogP) is 12.3. The first-order valence-corrected chi connectivity index (χ1v) is 17.8. The maximum absolute atomic E-state index is 2.52. The molecule has 1 aliphatic heterocycles. The lowest BCUT2D eigenvalue weighted by Crippen LogP contribution is -2.28. The van der Waals surface area contributed by atoms with Gasteiger partial charge in [0.05, 0.1) is 28.1 Å². The molecule has 3 heteroatoms. The highest BCUT2D eigenvalue weighted by Crippen LogP contribution is 2.49. The molecule has 2 atom stereocenters. The second-order valence-electron chi connectivity index (χ2n) is 13.7. The first kappa shape index (κ1) is 28.3. The standard InChI is InChI=1S/C48H33N3/c1-3-14-32(15-4-1)33-16-13-19-35(30-33)50-44-24-11-7-20-37(44)40-27-28-41-38-21-8-12-25-45(38)51(48(41)47(40)50)36-26-29-46-42(31-36)39-22-9-10-23-43(39)49(46)34-17-5-2-6-18-34/h1-31,39,43H. The van der Waals surface area contributed by atoms with E-state index in [0.717, 1.165) is 5.69 Å². The number of para-hydroxylation sites is 3. The van der Waals surface area contributed by atoms with E-state index in [2.05, 4.69) is 202 Å². The van der Waals surface area contributed by atoms with Gasteiger partial charge in [0.1, 0.15) is 0 Å². The van der Waals surface area contributed by atoms with Gasteiger partial charge in [-0.1, -0.05) is 133 Å². The molecule has 0 bridgehead atoms. The van der Waals surface area contributed by atoms with Gasteiger partial charge < -0.3 is 14.0 Å². The van der Waals surface area contributed by atoms with Gasteiger partial charge in [0.2, 0.25) is 0 Å². The third-order valence-electron chi connectivity index (χ3n) is 11.0. The molecule has 240 valence electrons.